The second-order valence-electron chi connectivity index (χ2n) is 5.35. The third kappa shape index (κ3) is 3.68. The smallest absolute Gasteiger partial charge is 0.254 e. The van der Waals surface area contributed by atoms with E-state index in [0.29, 0.717) is 25.2 Å². The molecule has 1 amide bonds. The van der Waals surface area contributed by atoms with Gasteiger partial charge in [0.25, 0.3) is 5.91 Å². The molecule has 1 aliphatic rings. The first-order chi connectivity index (χ1) is 11.2. The first-order valence-electron chi connectivity index (χ1n) is 7.48. The summed E-state index contributed by atoms with van der Waals surface area (Å²) in [6.45, 7) is 3.24. The lowest BCUT2D eigenvalue weighted by molar-refractivity contribution is 0.0746. The average molecular weight is 376 g/mol. The number of nitrogens with two attached hydrogens (primary N) is 1. The van der Waals surface area contributed by atoms with Gasteiger partial charge in [-0.1, -0.05) is 0 Å². The Bertz CT molecular complexity index is 683. The van der Waals surface area contributed by atoms with Crippen molar-refractivity contribution < 1.29 is 4.79 Å². The molecule has 23 heavy (non-hydrogen) atoms. The highest BCUT2D eigenvalue weighted by Crippen LogP contribution is 2.17. The highest BCUT2D eigenvalue weighted by molar-refractivity contribution is 9.10. The lowest BCUT2D eigenvalue weighted by Crippen LogP contribution is -2.49. The van der Waals surface area contributed by atoms with Crippen molar-refractivity contribution in [3.8, 4) is 0 Å². The average Bonchev–Trinajstić information content (AvgIpc) is 2.62. The molecule has 0 atom stereocenters. The predicted molar refractivity (Wildman–Crippen MR) is 92.2 cm³/mol. The number of amides is 1. The summed E-state index contributed by atoms with van der Waals surface area (Å²) in [6, 6.07) is 7.47. The topological polar surface area (TPSA) is 75.4 Å². The van der Waals surface area contributed by atoms with Gasteiger partial charge < -0.3 is 15.5 Å². The summed E-state index contributed by atoms with van der Waals surface area (Å²) in [4.78, 5) is 25.2. The highest BCUT2D eigenvalue weighted by Gasteiger charge is 2.23. The van der Waals surface area contributed by atoms with E-state index in [4.69, 9.17) is 5.73 Å². The van der Waals surface area contributed by atoms with E-state index in [1.54, 1.807) is 24.5 Å². The molecule has 0 radical (unpaired) electrons. The number of nitrogens with zero attached hydrogens (tertiary/aromatic N) is 4. The quantitative estimate of drug-likeness (QED) is 0.882. The Morgan fingerprint density at radius 1 is 1.17 bits per heavy atom. The molecule has 2 aromatic heterocycles. The summed E-state index contributed by atoms with van der Waals surface area (Å²) in [5.74, 6) is 0.972. The van der Waals surface area contributed by atoms with Crippen molar-refractivity contribution in [2.75, 3.05) is 31.1 Å². The Hall–Kier alpha value is -1.99. The van der Waals surface area contributed by atoms with E-state index in [1.807, 2.05) is 17.0 Å². The van der Waals surface area contributed by atoms with Crippen LogP contribution in [0.1, 0.15) is 16.1 Å². The van der Waals surface area contributed by atoms with Crippen LogP contribution in [-0.4, -0.2) is 47.0 Å². The van der Waals surface area contributed by atoms with E-state index in [9.17, 15) is 4.79 Å². The molecule has 0 bridgehead atoms. The highest BCUT2D eigenvalue weighted by atomic mass is 79.9. The van der Waals surface area contributed by atoms with Crippen molar-refractivity contribution in [1.29, 1.82) is 0 Å². The fourth-order valence-electron chi connectivity index (χ4n) is 2.60. The number of halogens is 1. The van der Waals surface area contributed by atoms with Crippen molar-refractivity contribution >= 4 is 27.7 Å². The maximum atomic E-state index is 12.6. The largest absolute Gasteiger partial charge is 0.353 e. The van der Waals surface area contributed by atoms with Gasteiger partial charge in [-0.25, -0.2) is 4.98 Å². The molecular formula is C16H18BrN5O. The van der Waals surface area contributed by atoms with Crippen molar-refractivity contribution in [3.05, 3.63) is 52.4 Å². The van der Waals surface area contributed by atoms with Crippen LogP contribution in [0.4, 0.5) is 5.82 Å². The fraction of sp³-hybridized carbons (Fsp3) is 0.312. The summed E-state index contributed by atoms with van der Waals surface area (Å²) in [5, 5.41) is 0. The summed E-state index contributed by atoms with van der Waals surface area (Å²) >= 11 is 3.39. The minimum absolute atomic E-state index is 0.0329. The molecule has 0 saturated carbocycles. The van der Waals surface area contributed by atoms with Crippen LogP contribution in [-0.2, 0) is 6.54 Å². The van der Waals surface area contributed by atoms with Crippen molar-refractivity contribution in [3.63, 3.8) is 0 Å². The number of pyridine rings is 2. The third-order valence-electron chi connectivity index (χ3n) is 3.88. The van der Waals surface area contributed by atoms with Gasteiger partial charge in [-0.05, 0) is 40.2 Å². The minimum Gasteiger partial charge on any atom is -0.353 e. The third-order valence-corrected chi connectivity index (χ3v) is 4.34. The van der Waals surface area contributed by atoms with Crippen LogP contribution in [0.3, 0.4) is 0 Å². The monoisotopic (exact) mass is 375 g/mol. The molecule has 3 heterocycles. The van der Waals surface area contributed by atoms with Crippen LogP contribution < -0.4 is 10.6 Å². The molecule has 1 aliphatic heterocycles. The van der Waals surface area contributed by atoms with Crippen molar-refractivity contribution in [2.45, 2.75) is 6.54 Å². The van der Waals surface area contributed by atoms with Crippen LogP contribution in [0.2, 0.25) is 0 Å². The summed E-state index contributed by atoms with van der Waals surface area (Å²) in [7, 11) is 0. The molecule has 0 aromatic carbocycles. The van der Waals surface area contributed by atoms with Crippen LogP contribution in [0.5, 0.6) is 0 Å². The molecule has 1 saturated heterocycles. The Kier molecular flexibility index (Phi) is 4.88. The molecule has 0 aliphatic carbocycles. The Morgan fingerprint density at radius 3 is 2.61 bits per heavy atom. The normalized spacial score (nSPS) is 14.9. The van der Waals surface area contributed by atoms with E-state index in [-0.39, 0.29) is 5.91 Å². The van der Waals surface area contributed by atoms with Gasteiger partial charge in [0.2, 0.25) is 0 Å². The zero-order valence-corrected chi connectivity index (χ0v) is 14.2. The van der Waals surface area contributed by atoms with E-state index in [2.05, 4.69) is 30.8 Å². The number of aromatic nitrogens is 2. The van der Waals surface area contributed by atoms with Crippen molar-refractivity contribution in [1.82, 2.24) is 14.9 Å². The zero-order valence-electron chi connectivity index (χ0n) is 12.7. The molecular weight excluding hydrogens is 358 g/mol. The molecule has 2 aromatic rings. The standard InChI is InChI=1S/C16H18BrN5O/c17-13-1-2-15(20-11-13)21-5-7-22(8-6-21)16(23)12-3-4-19-14(9-12)10-18/h1-4,9,11H,5-8,10,18H2. The number of carbonyl (C=O) groups excluding carboxylic acids is 1. The Morgan fingerprint density at radius 2 is 1.96 bits per heavy atom. The van der Waals surface area contributed by atoms with Gasteiger partial charge in [0.1, 0.15) is 5.82 Å². The number of hydrogen-bond acceptors (Lipinski definition) is 5. The molecule has 0 unspecified atom stereocenters. The van der Waals surface area contributed by atoms with Gasteiger partial charge in [-0.15, -0.1) is 0 Å². The van der Waals surface area contributed by atoms with Gasteiger partial charge in [-0.2, -0.15) is 0 Å². The maximum absolute atomic E-state index is 12.6. The van der Waals surface area contributed by atoms with Crippen molar-refractivity contribution in [2.24, 2.45) is 5.73 Å². The second kappa shape index (κ2) is 7.06. The van der Waals surface area contributed by atoms with Crippen LogP contribution in [0.15, 0.2) is 41.1 Å². The first-order valence-corrected chi connectivity index (χ1v) is 8.27. The summed E-state index contributed by atoms with van der Waals surface area (Å²) in [5.41, 5.74) is 6.97. The predicted octanol–water partition coefficient (Wildman–Crippen LogP) is 1.66. The molecule has 3 rings (SSSR count). The van der Waals surface area contributed by atoms with Gasteiger partial charge >= 0.3 is 0 Å². The van der Waals surface area contributed by atoms with E-state index < -0.39 is 0 Å². The molecule has 1 fully saturated rings. The lowest BCUT2D eigenvalue weighted by atomic mass is 10.2. The number of hydrogen-bond donors (Lipinski definition) is 1. The molecule has 6 nitrogen and oxygen atoms in total. The number of carbonyl (C=O) groups is 1. The van der Waals surface area contributed by atoms with Gasteiger partial charge in [-0.3, -0.25) is 9.78 Å². The molecule has 2 N–H and O–H groups in total. The fourth-order valence-corrected chi connectivity index (χ4v) is 2.83. The van der Waals surface area contributed by atoms with Gasteiger partial charge in [0.15, 0.2) is 0 Å². The summed E-state index contributed by atoms with van der Waals surface area (Å²) in [6.07, 6.45) is 3.43. The Balaban J connectivity index is 1.64. The zero-order chi connectivity index (χ0) is 16.2. The first kappa shape index (κ1) is 15.9. The molecule has 120 valence electrons. The molecule has 0 spiro atoms. The van der Waals surface area contributed by atoms with E-state index in [1.165, 1.54) is 0 Å². The number of rotatable bonds is 3. The number of anilines is 1. The Labute approximate surface area is 143 Å². The molecule has 7 heteroatoms. The number of piperazine rings is 1. The maximum Gasteiger partial charge on any atom is 0.254 e. The van der Waals surface area contributed by atoms with Gasteiger partial charge in [0, 0.05) is 55.2 Å². The van der Waals surface area contributed by atoms with Crippen LogP contribution in [0.25, 0.3) is 0 Å². The van der Waals surface area contributed by atoms with Gasteiger partial charge in [0.05, 0.1) is 5.69 Å². The van der Waals surface area contributed by atoms with Crippen LogP contribution in [0, 0.1) is 0 Å². The van der Waals surface area contributed by atoms with E-state index in [0.717, 1.165) is 29.1 Å². The van der Waals surface area contributed by atoms with Crippen LogP contribution >= 0.6 is 15.9 Å². The minimum atomic E-state index is 0.0329. The summed E-state index contributed by atoms with van der Waals surface area (Å²) < 4.78 is 0.962. The SMILES string of the molecule is NCc1cc(C(=O)N2CCN(c3ccc(Br)cn3)CC2)ccn1. The van der Waals surface area contributed by atoms with E-state index >= 15 is 0 Å². The second-order valence-corrected chi connectivity index (χ2v) is 6.27. The lowest BCUT2D eigenvalue weighted by Gasteiger charge is -2.35.